The summed E-state index contributed by atoms with van der Waals surface area (Å²) in [7, 11) is 0. The monoisotopic (exact) mass is 172 g/mol. The number of carboxylic acids is 1. The predicted molar refractivity (Wildman–Crippen MR) is 50.1 cm³/mol. The van der Waals surface area contributed by atoms with Crippen molar-refractivity contribution in [2.24, 2.45) is 11.3 Å². The summed E-state index contributed by atoms with van der Waals surface area (Å²) in [5, 5.41) is 8.67. The average Bonchev–Trinajstić information content (AvgIpc) is 1.83. The molecule has 0 aliphatic rings. The molecule has 0 bridgehead atoms. The lowest BCUT2D eigenvalue weighted by Gasteiger charge is -2.29. The Hall–Kier alpha value is -0.530. The van der Waals surface area contributed by atoms with Crippen molar-refractivity contribution in [3.8, 4) is 0 Å². The quantitative estimate of drug-likeness (QED) is 0.708. The molecule has 72 valence electrons. The van der Waals surface area contributed by atoms with Gasteiger partial charge in [-0.05, 0) is 17.8 Å². The molecule has 0 fully saturated rings. The SMILES string of the molecule is CCCC(CC(=O)O)C(C)(C)C. The van der Waals surface area contributed by atoms with Crippen LogP contribution in [0.2, 0.25) is 0 Å². The first kappa shape index (κ1) is 11.5. The molecule has 0 amide bonds. The van der Waals surface area contributed by atoms with Crippen LogP contribution in [0.5, 0.6) is 0 Å². The van der Waals surface area contributed by atoms with E-state index in [0.29, 0.717) is 12.3 Å². The zero-order valence-corrected chi connectivity index (χ0v) is 8.55. The van der Waals surface area contributed by atoms with Crippen LogP contribution in [0.3, 0.4) is 0 Å². The molecule has 0 radical (unpaired) electrons. The Labute approximate surface area is 75.0 Å². The highest BCUT2D eigenvalue weighted by Crippen LogP contribution is 2.32. The molecular formula is C10H20O2. The fourth-order valence-electron chi connectivity index (χ4n) is 1.40. The van der Waals surface area contributed by atoms with Gasteiger partial charge in [0.2, 0.25) is 0 Å². The topological polar surface area (TPSA) is 37.3 Å². The lowest BCUT2D eigenvalue weighted by molar-refractivity contribution is -0.139. The molecule has 0 saturated carbocycles. The average molecular weight is 172 g/mol. The van der Waals surface area contributed by atoms with Gasteiger partial charge in [-0.1, -0.05) is 34.1 Å². The molecule has 0 saturated heterocycles. The molecule has 0 aliphatic carbocycles. The van der Waals surface area contributed by atoms with E-state index in [1.807, 2.05) is 0 Å². The van der Waals surface area contributed by atoms with Crippen molar-refractivity contribution in [3.05, 3.63) is 0 Å². The van der Waals surface area contributed by atoms with Crippen molar-refractivity contribution in [1.29, 1.82) is 0 Å². The Bertz CT molecular complexity index is 144. The molecule has 2 nitrogen and oxygen atoms in total. The minimum absolute atomic E-state index is 0.119. The van der Waals surface area contributed by atoms with Crippen LogP contribution < -0.4 is 0 Å². The fraction of sp³-hybridized carbons (Fsp3) is 0.900. The Balaban J connectivity index is 4.13. The highest BCUT2D eigenvalue weighted by molar-refractivity contribution is 5.67. The Morgan fingerprint density at radius 1 is 1.42 bits per heavy atom. The maximum Gasteiger partial charge on any atom is 0.303 e. The first-order chi connectivity index (χ1) is 5.38. The van der Waals surface area contributed by atoms with Crippen molar-refractivity contribution in [2.45, 2.75) is 47.0 Å². The predicted octanol–water partition coefficient (Wildman–Crippen LogP) is 2.92. The molecule has 0 rings (SSSR count). The summed E-state index contributed by atoms with van der Waals surface area (Å²) in [4.78, 5) is 10.5. The van der Waals surface area contributed by atoms with Gasteiger partial charge in [-0.3, -0.25) is 4.79 Å². The Morgan fingerprint density at radius 2 is 1.92 bits per heavy atom. The van der Waals surface area contributed by atoms with E-state index in [0.717, 1.165) is 12.8 Å². The summed E-state index contributed by atoms with van der Waals surface area (Å²) >= 11 is 0. The van der Waals surface area contributed by atoms with E-state index in [9.17, 15) is 4.79 Å². The highest BCUT2D eigenvalue weighted by Gasteiger charge is 2.25. The van der Waals surface area contributed by atoms with Crippen molar-refractivity contribution >= 4 is 5.97 Å². The molecule has 0 aromatic rings. The van der Waals surface area contributed by atoms with E-state index in [4.69, 9.17) is 5.11 Å². The lowest BCUT2D eigenvalue weighted by Crippen LogP contribution is -2.23. The second-order valence-corrected chi connectivity index (χ2v) is 4.45. The smallest absolute Gasteiger partial charge is 0.303 e. The molecule has 0 spiro atoms. The second-order valence-electron chi connectivity index (χ2n) is 4.45. The van der Waals surface area contributed by atoms with Crippen LogP contribution in [0.4, 0.5) is 0 Å². The van der Waals surface area contributed by atoms with Crippen molar-refractivity contribution in [3.63, 3.8) is 0 Å². The van der Waals surface area contributed by atoms with Crippen LogP contribution in [-0.2, 0) is 4.79 Å². The van der Waals surface area contributed by atoms with Crippen LogP contribution in [0.25, 0.3) is 0 Å². The van der Waals surface area contributed by atoms with Crippen molar-refractivity contribution in [2.75, 3.05) is 0 Å². The third-order valence-corrected chi connectivity index (χ3v) is 2.28. The highest BCUT2D eigenvalue weighted by atomic mass is 16.4. The third-order valence-electron chi connectivity index (χ3n) is 2.28. The van der Waals surface area contributed by atoms with Crippen LogP contribution in [0.1, 0.15) is 47.0 Å². The van der Waals surface area contributed by atoms with Gasteiger partial charge >= 0.3 is 5.97 Å². The number of hydrogen-bond donors (Lipinski definition) is 1. The normalized spacial score (nSPS) is 14.3. The molecule has 0 aliphatic heterocycles. The molecule has 1 atom stereocenters. The summed E-state index contributed by atoms with van der Waals surface area (Å²) in [6.45, 7) is 8.42. The van der Waals surface area contributed by atoms with Crippen molar-refractivity contribution < 1.29 is 9.90 Å². The minimum Gasteiger partial charge on any atom is -0.481 e. The van der Waals surface area contributed by atoms with Gasteiger partial charge in [-0.25, -0.2) is 0 Å². The Kier molecular flexibility index (Phi) is 4.29. The summed E-state index contributed by atoms with van der Waals surface area (Å²) in [5.74, 6) is -0.372. The molecule has 1 N–H and O–H groups in total. The van der Waals surface area contributed by atoms with Crippen molar-refractivity contribution in [1.82, 2.24) is 0 Å². The van der Waals surface area contributed by atoms with Gasteiger partial charge in [0.1, 0.15) is 0 Å². The third kappa shape index (κ3) is 4.37. The molecule has 2 heteroatoms. The number of aliphatic carboxylic acids is 1. The lowest BCUT2D eigenvalue weighted by atomic mass is 9.76. The first-order valence-electron chi connectivity index (χ1n) is 4.59. The van der Waals surface area contributed by atoms with Gasteiger partial charge < -0.3 is 5.11 Å². The Morgan fingerprint density at radius 3 is 2.17 bits per heavy atom. The van der Waals surface area contributed by atoms with E-state index < -0.39 is 5.97 Å². The molecule has 0 aromatic heterocycles. The standard InChI is InChI=1S/C10H20O2/c1-5-6-8(7-9(11)12)10(2,3)4/h8H,5-7H2,1-4H3,(H,11,12). The van der Waals surface area contributed by atoms with Crippen LogP contribution in [0, 0.1) is 11.3 Å². The number of rotatable bonds is 4. The number of carbonyl (C=O) groups is 1. The van der Waals surface area contributed by atoms with Gasteiger partial charge in [-0.2, -0.15) is 0 Å². The maximum absolute atomic E-state index is 10.5. The van der Waals surface area contributed by atoms with E-state index in [2.05, 4.69) is 27.7 Å². The van der Waals surface area contributed by atoms with Crippen LogP contribution in [-0.4, -0.2) is 11.1 Å². The summed E-state index contributed by atoms with van der Waals surface area (Å²) in [5.41, 5.74) is 0.119. The molecule has 1 unspecified atom stereocenters. The van der Waals surface area contributed by atoms with Gasteiger partial charge in [0.15, 0.2) is 0 Å². The number of carboxylic acid groups (broad SMARTS) is 1. The number of hydrogen-bond acceptors (Lipinski definition) is 1. The molecular weight excluding hydrogens is 152 g/mol. The fourth-order valence-corrected chi connectivity index (χ4v) is 1.40. The summed E-state index contributed by atoms with van der Waals surface area (Å²) in [6.07, 6.45) is 2.38. The zero-order chi connectivity index (χ0) is 9.78. The van der Waals surface area contributed by atoms with E-state index >= 15 is 0 Å². The minimum atomic E-state index is -0.677. The van der Waals surface area contributed by atoms with Gasteiger partial charge in [0.05, 0.1) is 0 Å². The van der Waals surface area contributed by atoms with Gasteiger partial charge in [0.25, 0.3) is 0 Å². The summed E-state index contributed by atoms with van der Waals surface area (Å²) < 4.78 is 0. The van der Waals surface area contributed by atoms with Gasteiger partial charge in [-0.15, -0.1) is 0 Å². The molecule has 12 heavy (non-hydrogen) atoms. The second kappa shape index (κ2) is 4.48. The maximum atomic E-state index is 10.5. The van der Waals surface area contributed by atoms with Crippen LogP contribution in [0.15, 0.2) is 0 Å². The summed E-state index contributed by atoms with van der Waals surface area (Å²) in [6, 6.07) is 0. The van der Waals surface area contributed by atoms with Crippen LogP contribution >= 0.6 is 0 Å². The van der Waals surface area contributed by atoms with E-state index in [1.54, 1.807) is 0 Å². The van der Waals surface area contributed by atoms with E-state index in [1.165, 1.54) is 0 Å². The zero-order valence-electron chi connectivity index (χ0n) is 8.55. The molecule has 0 heterocycles. The van der Waals surface area contributed by atoms with E-state index in [-0.39, 0.29) is 5.41 Å². The van der Waals surface area contributed by atoms with Gasteiger partial charge in [0, 0.05) is 6.42 Å². The molecule has 0 aromatic carbocycles. The largest absolute Gasteiger partial charge is 0.481 e. The first-order valence-corrected chi connectivity index (χ1v) is 4.59.